The molecule has 1 N–H and O–H groups in total. The van der Waals surface area contributed by atoms with E-state index in [2.05, 4.69) is 10.2 Å². The van der Waals surface area contributed by atoms with Gasteiger partial charge in [-0.05, 0) is 31.8 Å². The number of rotatable bonds is 8. The van der Waals surface area contributed by atoms with Crippen LogP contribution in [0, 0.1) is 0 Å². The minimum Gasteiger partial charge on any atom is -0.378 e. The molecule has 4 nitrogen and oxygen atoms in total. The molecule has 1 unspecified atom stereocenters. The summed E-state index contributed by atoms with van der Waals surface area (Å²) in [6, 6.07) is 19.0. The van der Waals surface area contributed by atoms with Gasteiger partial charge < -0.3 is 15.0 Å². The topological polar surface area (TPSA) is 41.6 Å². The summed E-state index contributed by atoms with van der Waals surface area (Å²) < 4.78 is 5.74. The fourth-order valence-corrected chi connectivity index (χ4v) is 2.19. The highest BCUT2D eigenvalue weighted by Gasteiger charge is 2.15. The molecule has 1 amide bonds. The molecule has 0 aromatic heterocycles. The average molecular weight is 312 g/mol. The summed E-state index contributed by atoms with van der Waals surface area (Å²) in [6.07, 6.45) is 0. The molecular weight excluding hydrogens is 288 g/mol. The monoisotopic (exact) mass is 312 g/mol. The van der Waals surface area contributed by atoms with E-state index < -0.39 is 0 Å². The van der Waals surface area contributed by atoms with E-state index >= 15 is 0 Å². The number of nitrogens with one attached hydrogen (secondary N) is 1. The number of carbonyl (C=O) groups excluding carboxylic acids is 1. The van der Waals surface area contributed by atoms with E-state index in [9.17, 15) is 4.79 Å². The third-order valence-electron chi connectivity index (χ3n) is 3.51. The zero-order valence-electron chi connectivity index (χ0n) is 13.7. The van der Waals surface area contributed by atoms with Crippen LogP contribution in [0.4, 0.5) is 0 Å². The molecule has 0 saturated heterocycles. The zero-order valence-corrected chi connectivity index (χ0v) is 13.7. The van der Waals surface area contributed by atoms with Crippen molar-refractivity contribution in [3.63, 3.8) is 0 Å². The van der Waals surface area contributed by atoms with Gasteiger partial charge in [-0.15, -0.1) is 0 Å². The molecule has 0 aliphatic rings. The highest BCUT2D eigenvalue weighted by molar-refractivity contribution is 5.94. The molecule has 1 atom stereocenters. The molecule has 0 aliphatic heterocycles. The quantitative estimate of drug-likeness (QED) is 0.762. The Labute approximate surface area is 138 Å². The van der Waals surface area contributed by atoms with Crippen molar-refractivity contribution in [2.24, 2.45) is 0 Å². The second-order valence-electron chi connectivity index (χ2n) is 5.68. The summed E-state index contributed by atoms with van der Waals surface area (Å²) in [5.74, 6) is -0.0873. The molecule has 0 aliphatic carbocycles. The van der Waals surface area contributed by atoms with Crippen LogP contribution < -0.4 is 5.32 Å². The molecule has 2 aromatic rings. The lowest BCUT2D eigenvalue weighted by Gasteiger charge is -2.20. The molecule has 0 heterocycles. The molecule has 23 heavy (non-hydrogen) atoms. The van der Waals surface area contributed by atoms with Gasteiger partial charge in [0, 0.05) is 12.1 Å². The lowest BCUT2D eigenvalue weighted by molar-refractivity contribution is 0.0799. The standard InChI is InChI=1S/C19H24N2O2/c1-21(2)13-14-23-15-18(16-9-5-3-6-10-16)20-19(22)17-11-7-4-8-12-17/h3-12,18H,13-15H2,1-2H3,(H,20,22). The molecule has 0 spiro atoms. The van der Waals surface area contributed by atoms with Gasteiger partial charge in [-0.3, -0.25) is 4.79 Å². The maximum absolute atomic E-state index is 12.4. The highest BCUT2D eigenvalue weighted by atomic mass is 16.5. The lowest BCUT2D eigenvalue weighted by atomic mass is 10.1. The van der Waals surface area contributed by atoms with Crippen LogP contribution in [0.3, 0.4) is 0 Å². The average Bonchev–Trinajstić information content (AvgIpc) is 2.58. The van der Waals surface area contributed by atoms with E-state index in [-0.39, 0.29) is 11.9 Å². The Hall–Kier alpha value is -2.17. The van der Waals surface area contributed by atoms with Crippen molar-refractivity contribution in [1.29, 1.82) is 0 Å². The van der Waals surface area contributed by atoms with Gasteiger partial charge in [-0.25, -0.2) is 0 Å². The number of amides is 1. The first kappa shape index (κ1) is 17.2. The summed E-state index contributed by atoms with van der Waals surface area (Å²) in [7, 11) is 4.02. The van der Waals surface area contributed by atoms with Crippen molar-refractivity contribution in [2.75, 3.05) is 33.9 Å². The molecule has 0 bridgehead atoms. The van der Waals surface area contributed by atoms with Crippen LogP contribution in [0.2, 0.25) is 0 Å². The number of hydrogen-bond acceptors (Lipinski definition) is 3. The first-order valence-corrected chi connectivity index (χ1v) is 7.80. The van der Waals surface area contributed by atoms with E-state index in [0.29, 0.717) is 18.8 Å². The van der Waals surface area contributed by atoms with Crippen LogP contribution in [-0.4, -0.2) is 44.7 Å². The summed E-state index contributed by atoms with van der Waals surface area (Å²) in [4.78, 5) is 14.5. The summed E-state index contributed by atoms with van der Waals surface area (Å²) in [6.45, 7) is 1.95. The summed E-state index contributed by atoms with van der Waals surface area (Å²) in [5, 5.41) is 3.06. The summed E-state index contributed by atoms with van der Waals surface area (Å²) >= 11 is 0. The molecule has 2 rings (SSSR count). The van der Waals surface area contributed by atoms with Gasteiger partial charge in [0.1, 0.15) is 0 Å². The predicted molar refractivity (Wildman–Crippen MR) is 92.5 cm³/mol. The van der Waals surface area contributed by atoms with Crippen LogP contribution in [0.25, 0.3) is 0 Å². The third kappa shape index (κ3) is 5.85. The Bertz CT molecular complexity index is 585. The fraction of sp³-hybridized carbons (Fsp3) is 0.316. The molecule has 2 aromatic carbocycles. The van der Waals surface area contributed by atoms with Crippen LogP contribution in [0.15, 0.2) is 60.7 Å². The second kappa shape index (κ2) is 9.08. The van der Waals surface area contributed by atoms with Crippen molar-refractivity contribution >= 4 is 5.91 Å². The van der Waals surface area contributed by atoms with Gasteiger partial charge in [-0.1, -0.05) is 48.5 Å². The predicted octanol–water partition coefficient (Wildman–Crippen LogP) is 2.74. The van der Waals surface area contributed by atoms with Gasteiger partial charge >= 0.3 is 0 Å². The van der Waals surface area contributed by atoms with Crippen LogP contribution in [0.1, 0.15) is 22.0 Å². The minimum atomic E-state index is -0.161. The SMILES string of the molecule is CN(C)CCOCC(NC(=O)c1ccccc1)c1ccccc1. The van der Waals surface area contributed by atoms with Crippen molar-refractivity contribution in [3.05, 3.63) is 71.8 Å². The number of nitrogens with zero attached hydrogens (tertiary/aromatic N) is 1. The normalized spacial score (nSPS) is 12.1. The van der Waals surface area contributed by atoms with Crippen molar-refractivity contribution in [3.8, 4) is 0 Å². The number of hydrogen-bond donors (Lipinski definition) is 1. The van der Waals surface area contributed by atoms with E-state index in [1.807, 2.05) is 74.8 Å². The van der Waals surface area contributed by atoms with Gasteiger partial charge in [0.15, 0.2) is 0 Å². The smallest absolute Gasteiger partial charge is 0.251 e. The molecule has 0 saturated carbocycles. The Morgan fingerprint density at radius 1 is 1.04 bits per heavy atom. The van der Waals surface area contributed by atoms with Crippen LogP contribution in [0.5, 0.6) is 0 Å². The Morgan fingerprint density at radius 3 is 2.26 bits per heavy atom. The van der Waals surface area contributed by atoms with Crippen LogP contribution in [-0.2, 0) is 4.74 Å². The Kier molecular flexibility index (Phi) is 6.78. The first-order valence-electron chi connectivity index (χ1n) is 7.80. The number of carbonyl (C=O) groups is 1. The number of ether oxygens (including phenoxy) is 1. The zero-order chi connectivity index (χ0) is 16.5. The van der Waals surface area contributed by atoms with Crippen molar-refractivity contribution < 1.29 is 9.53 Å². The van der Waals surface area contributed by atoms with Gasteiger partial charge in [-0.2, -0.15) is 0 Å². The van der Waals surface area contributed by atoms with E-state index in [4.69, 9.17) is 4.74 Å². The van der Waals surface area contributed by atoms with Gasteiger partial charge in [0.05, 0.1) is 19.3 Å². The molecular formula is C19H24N2O2. The van der Waals surface area contributed by atoms with E-state index in [1.54, 1.807) is 0 Å². The minimum absolute atomic E-state index is 0.0873. The Morgan fingerprint density at radius 2 is 1.65 bits per heavy atom. The second-order valence-corrected chi connectivity index (χ2v) is 5.68. The lowest BCUT2D eigenvalue weighted by Crippen LogP contribution is -2.32. The maximum atomic E-state index is 12.4. The maximum Gasteiger partial charge on any atom is 0.251 e. The van der Waals surface area contributed by atoms with Gasteiger partial charge in [0.2, 0.25) is 0 Å². The van der Waals surface area contributed by atoms with Crippen molar-refractivity contribution in [1.82, 2.24) is 10.2 Å². The van der Waals surface area contributed by atoms with Gasteiger partial charge in [0.25, 0.3) is 5.91 Å². The van der Waals surface area contributed by atoms with E-state index in [0.717, 1.165) is 12.1 Å². The van der Waals surface area contributed by atoms with Crippen LogP contribution >= 0.6 is 0 Å². The molecule has 0 radical (unpaired) electrons. The summed E-state index contributed by atoms with van der Waals surface area (Å²) in [5.41, 5.74) is 1.70. The first-order chi connectivity index (χ1) is 11.2. The number of benzene rings is 2. The number of likely N-dealkylation sites (N-methyl/N-ethyl adjacent to an activating group) is 1. The Balaban J connectivity index is 2.00. The highest BCUT2D eigenvalue weighted by Crippen LogP contribution is 2.14. The molecule has 0 fully saturated rings. The third-order valence-corrected chi connectivity index (χ3v) is 3.51. The molecule has 122 valence electrons. The fourth-order valence-electron chi connectivity index (χ4n) is 2.19. The largest absolute Gasteiger partial charge is 0.378 e. The molecule has 4 heteroatoms. The van der Waals surface area contributed by atoms with Crippen molar-refractivity contribution in [2.45, 2.75) is 6.04 Å². The van der Waals surface area contributed by atoms with E-state index in [1.165, 1.54) is 0 Å².